The molecule has 140 valence electrons. The minimum absolute atomic E-state index is 0.176. The fourth-order valence-corrected chi connectivity index (χ4v) is 4.00. The number of amides is 1. The van der Waals surface area contributed by atoms with Gasteiger partial charge in [-0.15, -0.1) is 11.3 Å². The zero-order valence-electron chi connectivity index (χ0n) is 13.7. The maximum Gasteiger partial charge on any atom is 0.418 e. The van der Waals surface area contributed by atoms with Crippen LogP contribution < -0.4 is 10.6 Å². The van der Waals surface area contributed by atoms with Gasteiger partial charge in [-0.05, 0) is 12.8 Å². The Hall–Kier alpha value is -1.23. The zero-order chi connectivity index (χ0) is 18.1. The Morgan fingerprint density at radius 1 is 1.60 bits per heavy atom. The molecule has 2 aliphatic rings. The lowest BCUT2D eigenvalue weighted by Gasteiger charge is -2.29. The third kappa shape index (κ3) is 3.97. The van der Waals surface area contributed by atoms with Gasteiger partial charge in [0.25, 0.3) is 0 Å². The first-order valence-corrected chi connectivity index (χ1v) is 8.87. The van der Waals surface area contributed by atoms with Gasteiger partial charge in [-0.1, -0.05) is 0 Å². The molecule has 1 unspecified atom stereocenters. The highest BCUT2D eigenvalue weighted by molar-refractivity contribution is 7.15. The summed E-state index contributed by atoms with van der Waals surface area (Å²) in [4.78, 5) is 17.3. The number of methoxy groups -OCH3 is 1. The maximum atomic E-state index is 13.2. The van der Waals surface area contributed by atoms with E-state index in [9.17, 15) is 18.0 Å². The van der Waals surface area contributed by atoms with Crippen molar-refractivity contribution in [2.45, 2.75) is 49.6 Å². The lowest BCUT2D eigenvalue weighted by molar-refractivity contribution is -0.261. The van der Waals surface area contributed by atoms with E-state index in [1.54, 1.807) is 6.20 Å². The Kier molecular flexibility index (Phi) is 5.33. The molecule has 3 atom stereocenters. The van der Waals surface area contributed by atoms with E-state index in [-0.39, 0.29) is 6.10 Å². The van der Waals surface area contributed by atoms with Crippen LogP contribution in [0.15, 0.2) is 6.20 Å². The van der Waals surface area contributed by atoms with Crippen molar-refractivity contribution in [3.8, 4) is 0 Å². The number of nitrogens with zero attached hydrogens (tertiary/aromatic N) is 1. The van der Waals surface area contributed by atoms with Gasteiger partial charge < -0.3 is 20.1 Å². The van der Waals surface area contributed by atoms with E-state index in [0.29, 0.717) is 5.13 Å². The van der Waals surface area contributed by atoms with Crippen molar-refractivity contribution in [3.63, 3.8) is 0 Å². The first-order chi connectivity index (χ1) is 11.8. The van der Waals surface area contributed by atoms with Gasteiger partial charge in [-0.25, -0.2) is 4.98 Å². The summed E-state index contributed by atoms with van der Waals surface area (Å²) in [6.07, 6.45) is -0.389. The van der Waals surface area contributed by atoms with E-state index in [0.717, 1.165) is 37.9 Å². The van der Waals surface area contributed by atoms with Gasteiger partial charge in [0.1, 0.15) is 0 Å². The van der Waals surface area contributed by atoms with E-state index in [4.69, 9.17) is 4.74 Å². The Morgan fingerprint density at radius 2 is 2.40 bits per heavy atom. The predicted molar refractivity (Wildman–Crippen MR) is 85.6 cm³/mol. The van der Waals surface area contributed by atoms with Gasteiger partial charge >= 0.3 is 6.18 Å². The topological polar surface area (TPSA) is 72.5 Å². The molecule has 3 rings (SSSR count). The molecule has 0 spiro atoms. The third-order valence-corrected chi connectivity index (χ3v) is 5.56. The number of rotatable bonds is 5. The summed E-state index contributed by atoms with van der Waals surface area (Å²) in [6, 6.07) is -0.980. The molecule has 0 saturated carbocycles. The van der Waals surface area contributed by atoms with Crippen LogP contribution in [0.2, 0.25) is 0 Å². The third-order valence-electron chi connectivity index (χ3n) is 4.63. The Balaban J connectivity index is 1.57. The number of carbonyl (C=O) groups is 1. The van der Waals surface area contributed by atoms with Crippen LogP contribution in [0.5, 0.6) is 0 Å². The van der Waals surface area contributed by atoms with Gasteiger partial charge in [0.15, 0.2) is 10.7 Å². The molecule has 1 amide bonds. The number of anilines is 1. The van der Waals surface area contributed by atoms with Crippen molar-refractivity contribution < 1.29 is 27.4 Å². The highest BCUT2D eigenvalue weighted by Gasteiger charge is 2.60. The van der Waals surface area contributed by atoms with E-state index < -0.39 is 36.7 Å². The molecule has 0 aliphatic carbocycles. The number of halogens is 3. The molecule has 0 radical (unpaired) electrons. The largest absolute Gasteiger partial charge is 0.418 e. The van der Waals surface area contributed by atoms with Crippen LogP contribution in [0.1, 0.15) is 24.1 Å². The molecule has 1 aromatic rings. The van der Waals surface area contributed by atoms with E-state index in [1.165, 1.54) is 11.3 Å². The van der Waals surface area contributed by atoms with Crippen LogP contribution in [-0.2, 0) is 20.7 Å². The number of ether oxygens (including phenoxy) is 2. The first-order valence-electron chi connectivity index (χ1n) is 8.05. The summed E-state index contributed by atoms with van der Waals surface area (Å²) in [5, 5.41) is 5.55. The summed E-state index contributed by atoms with van der Waals surface area (Å²) >= 11 is 1.31. The molecule has 25 heavy (non-hydrogen) atoms. The molecule has 0 aromatic carbocycles. The van der Waals surface area contributed by atoms with Crippen molar-refractivity contribution in [2.75, 3.05) is 25.6 Å². The minimum atomic E-state index is -4.54. The van der Waals surface area contributed by atoms with Crippen molar-refractivity contribution in [1.29, 1.82) is 0 Å². The predicted octanol–water partition coefficient (Wildman–Crippen LogP) is 2.11. The number of aromatic nitrogens is 1. The molecule has 1 aromatic heterocycles. The van der Waals surface area contributed by atoms with Gasteiger partial charge in [-0.3, -0.25) is 4.79 Å². The van der Waals surface area contributed by atoms with Crippen molar-refractivity contribution in [3.05, 3.63) is 11.1 Å². The second-order valence-corrected chi connectivity index (χ2v) is 7.41. The normalized spacial score (nSPS) is 29.9. The second kappa shape index (κ2) is 7.18. The van der Waals surface area contributed by atoms with Crippen LogP contribution in [0.25, 0.3) is 0 Å². The molecule has 10 heteroatoms. The summed E-state index contributed by atoms with van der Waals surface area (Å²) in [5.41, 5.74) is -2.33. The monoisotopic (exact) mass is 379 g/mol. The van der Waals surface area contributed by atoms with Crippen LogP contribution in [0, 0.1) is 0 Å². The summed E-state index contributed by atoms with van der Waals surface area (Å²) in [5.74, 6) is -0.541. The number of hydrogen-bond acceptors (Lipinski definition) is 6. The lowest BCUT2D eigenvalue weighted by atomic mass is 9.99. The van der Waals surface area contributed by atoms with Crippen molar-refractivity contribution in [2.24, 2.45) is 0 Å². The highest BCUT2D eigenvalue weighted by Crippen LogP contribution is 2.39. The highest BCUT2D eigenvalue weighted by atomic mass is 32.1. The van der Waals surface area contributed by atoms with Gasteiger partial charge in [0.2, 0.25) is 5.91 Å². The molecular weight excluding hydrogens is 359 g/mol. The van der Waals surface area contributed by atoms with Crippen LogP contribution in [0.3, 0.4) is 0 Å². The molecule has 6 nitrogen and oxygen atoms in total. The molecule has 2 fully saturated rings. The number of alkyl halides is 3. The average Bonchev–Trinajstić information content (AvgIpc) is 3.27. The zero-order valence-corrected chi connectivity index (χ0v) is 14.5. The number of nitrogens with one attached hydrogen (secondary N) is 2. The van der Waals surface area contributed by atoms with Gasteiger partial charge in [-0.2, -0.15) is 13.2 Å². The Bertz CT molecular complexity index is 619. The van der Waals surface area contributed by atoms with Crippen molar-refractivity contribution >= 4 is 22.4 Å². The summed E-state index contributed by atoms with van der Waals surface area (Å²) in [6.45, 7) is 0.314. The van der Waals surface area contributed by atoms with E-state index >= 15 is 0 Å². The fraction of sp³-hybridized carbons (Fsp3) is 0.733. The van der Waals surface area contributed by atoms with Crippen LogP contribution in [0.4, 0.5) is 18.3 Å². The standard InChI is InChI=1S/C15H20F3N3O3S/c1-23-14(15(16,17)18)6-11(20-8-14)12(22)21-13-19-7-10(25-13)5-9-3-2-4-24-9/h7,9,11,20H,2-6,8H2,1H3,(H,19,21,22)/t9?,11-,14-/m0/s1. The molecule has 2 saturated heterocycles. The molecule has 3 heterocycles. The lowest BCUT2D eigenvalue weighted by Crippen LogP contribution is -2.48. The average molecular weight is 379 g/mol. The van der Waals surface area contributed by atoms with Gasteiger partial charge in [0, 0.05) is 44.2 Å². The van der Waals surface area contributed by atoms with Crippen molar-refractivity contribution in [1.82, 2.24) is 10.3 Å². The summed E-state index contributed by atoms with van der Waals surface area (Å²) in [7, 11) is 1.01. The molecular formula is C15H20F3N3O3S. The minimum Gasteiger partial charge on any atom is -0.378 e. The number of hydrogen-bond donors (Lipinski definition) is 2. The Labute approximate surface area is 147 Å². The SMILES string of the molecule is CO[C@]1(C(F)(F)F)CN[C@H](C(=O)Nc2ncc(CC3CCCO3)s2)C1. The molecule has 0 bridgehead atoms. The summed E-state index contributed by atoms with van der Waals surface area (Å²) < 4.78 is 49.7. The fourth-order valence-electron chi connectivity index (χ4n) is 3.12. The van der Waals surface area contributed by atoms with E-state index in [1.807, 2.05) is 0 Å². The van der Waals surface area contributed by atoms with E-state index in [2.05, 4.69) is 20.4 Å². The quantitative estimate of drug-likeness (QED) is 0.820. The Morgan fingerprint density at radius 3 is 3.00 bits per heavy atom. The molecule has 2 N–H and O–H groups in total. The number of carbonyl (C=O) groups excluding carboxylic acids is 1. The number of thiazole rings is 1. The molecule has 2 aliphatic heterocycles. The first kappa shape index (κ1) is 18.6. The van der Waals surface area contributed by atoms with Crippen LogP contribution in [-0.4, -0.2) is 55.1 Å². The maximum absolute atomic E-state index is 13.2. The van der Waals surface area contributed by atoms with Crippen LogP contribution >= 0.6 is 11.3 Å². The van der Waals surface area contributed by atoms with Gasteiger partial charge in [0.05, 0.1) is 12.1 Å². The second-order valence-electron chi connectivity index (χ2n) is 6.29. The smallest absolute Gasteiger partial charge is 0.378 e.